The lowest BCUT2D eigenvalue weighted by molar-refractivity contribution is 0.112. The van der Waals surface area contributed by atoms with Crippen LogP contribution in [0.2, 0.25) is 0 Å². The van der Waals surface area contributed by atoms with Gasteiger partial charge in [0.2, 0.25) is 0 Å². The van der Waals surface area contributed by atoms with E-state index >= 15 is 0 Å². The highest BCUT2D eigenvalue weighted by Crippen LogP contribution is 2.00. The Hall–Kier alpha value is -1.59. The van der Waals surface area contributed by atoms with Gasteiger partial charge in [-0.25, -0.2) is 0 Å². The molecule has 0 atom stereocenters. The maximum absolute atomic E-state index is 10.4. The largest absolute Gasteiger partial charge is 0.320 e. The molecule has 2 N–H and O–H groups in total. The molecule has 0 saturated heterocycles. The standard InChI is InChI=1S/C10H9NO/c11-6-2-5-9-3-1-4-10(7-9)8-12/h1,3-4,7-8H,6,11H2. The molecule has 60 valence electrons. The number of carbonyl (C=O) groups is 1. The van der Waals surface area contributed by atoms with E-state index in [0.717, 1.165) is 11.8 Å². The van der Waals surface area contributed by atoms with Crippen molar-refractivity contribution in [1.29, 1.82) is 0 Å². The predicted octanol–water partition coefficient (Wildman–Crippen LogP) is 0.809. The van der Waals surface area contributed by atoms with Gasteiger partial charge >= 0.3 is 0 Å². The average Bonchev–Trinajstić information content (AvgIpc) is 2.15. The fourth-order valence-electron chi connectivity index (χ4n) is 0.843. The Morgan fingerprint density at radius 2 is 2.33 bits per heavy atom. The Morgan fingerprint density at radius 3 is 3.00 bits per heavy atom. The molecule has 0 aromatic heterocycles. The van der Waals surface area contributed by atoms with Crippen LogP contribution in [0.5, 0.6) is 0 Å². The number of benzene rings is 1. The number of nitrogens with two attached hydrogens (primary N) is 1. The summed E-state index contributed by atoms with van der Waals surface area (Å²) < 4.78 is 0. The van der Waals surface area contributed by atoms with Crippen molar-refractivity contribution < 1.29 is 4.79 Å². The Bertz CT molecular complexity index is 333. The molecule has 2 heteroatoms. The first kappa shape index (κ1) is 8.51. The lowest BCUT2D eigenvalue weighted by Gasteiger charge is -1.90. The number of aldehydes is 1. The van der Waals surface area contributed by atoms with Crippen molar-refractivity contribution >= 4 is 6.29 Å². The molecular weight excluding hydrogens is 150 g/mol. The second-order valence-corrected chi connectivity index (χ2v) is 2.25. The third-order valence-electron chi connectivity index (χ3n) is 1.36. The quantitative estimate of drug-likeness (QED) is 0.486. The van der Waals surface area contributed by atoms with E-state index in [1.807, 2.05) is 6.07 Å². The highest BCUT2D eigenvalue weighted by atomic mass is 16.1. The zero-order valence-electron chi connectivity index (χ0n) is 6.58. The Kier molecular flexibility index (Phi) is 3.06. The topological polar surface area (TPSA) is 43.1 Å². The van der Waals surface area contributed by atoms with E-state index in [4.69, 9.17) is 5.73 Å². The molecule has 0 aliphatic carbocycles. The lowest BCUT2D eigenvalue weighted by Crippen LogP contribution is -1.93. The van der Waals surface area contributed by atoms with Crippen molar-refractivity contribution in [2.24, 2.45) is 5.73 Å². The van der Waals surface area contributed by atoms with E-state index in [1.165, 1.54) is 0 Å². The molecule has 0 radical (unpaired) electrons. The molecule has 0 aliphatic rings. The van der Waals surface area contributed by atoms with E-state index in [2.05, 4.69) is 11.8 Å². The van der Waals surface area contributed by atoms with Gasteiger partial charge in [-0.2, -0.15) is 0 Å². The zero-order chi connectivity index (χ0) is 8.81. The van der Waals surface area contributed by atoms with Crippen molar-refractivity contribution in [2.45, 2.75) is 0 Å². The number of carbonyl (C=O) groups excluding carboxylic acids is 1. The van der Waals surface area contributed by atoms with Crippen molar-refractivity contribution in [1.82, 2.24) is 0 Å². The normalized spacial score (nSPS) is 8.42. The second kappa shape index (κ2) is 4.32. The molecule has 0 heterocycles. The Balaban J connectivity index is 2.93. The first-order chi connectivity index (χ1) is 5.86. The lowest BCUT2D eigenvalue weighted by atomic mass is 10.1. The summed E-state index contributed by atoms with van der Waals surface area (Å²) >= 11 is 0. The fraction of sp³-hybridized carbons (Fsp3) is 0.100. The van der Waals surface area contributed by atoms with E-state index in [1.54, 1.807) is 18.2 Å². The summed E-state index contributed by atoms with van der Waals surface area (Å²) in [4.78, 5) is 10.4. The van der Waals surface area contributed by atoms with Gasteiger partial charge in [0.1, 0.15) is 6.29 Å². The van der Waals surface area contributed by atoms with Gasteiger partial charge in [-0.3, -0.25) is 4.79 Å². The van der Waals surface area contributed by atoms with E-state index < -0.39 is 0 Å². The minimum absolute atomic E-state index is 0.339. The molecule has 1 rings (SSSR count). The monoisotopic (exact) mass is 159 g/mol. The van der Waals surface area contributed by atoms with Gasteiger partial charge in [-0.1, -0.05) is 24.0 Å². The summed E-state index contributed by atoms with van der Waals surface area (Å²) in [5.41, 5.74) is 6.67. The third-order valence-corrected chi connectivity index (χ3v) is 1.36. The molecule has 0 saturated carbocycles. The summed E-state index contributed by atoms with van der Waals surface area (Å²) in [6.07, 6.45) is 0.799. The molecule has 12 heavy (non-hydrogen) atoms. The van der Waals surface area contributed by atoms with Gasteiger partial charge in [0.25, 0.3) is 0 Å². The maximum atomic E-state index is 10.4. The van der Waals surface area contributed by atoms with Crippen LogP contribution in [0, 0.1) is 11.8 Å². The van der Waals surface area contributed by atoms with Gasteiger partial charge in [-0.05, 0) is 12.1 Å². The molecule has 0 bridgehead atoms. The van der Waals surface area contributed by atoms with Gasteiger partial charge in [0.05, 0.1) is 6.54 Å². The van der Waals surface area contributed by atoms with Crippen LogP contribution < -0.4 is 5.73 Å². The van der Waals surface area contributed by atoms with Crippen molar-refractivity contribution in [3.05, 3.63) is 35.4 Å². The smallest absolute Gasteiger partial charge is 0.150 e. The van der Waals surface area contributed by atoms with E-state index in [-0.39, 0.29) is 0 Å². The van der Waals surface area contributed by atoms with Crippen LogP contribution in [0.1, 0.15) is 15.9 Å². The third kappa shape index (κ3) is 2.22. The summed E-state index contributed by atoms with van der Waals surface area (Å²) in [5, 5.41) is 0. The van der Waals surface area contributed by atoms with Crippen LogP contribution in [0.4, 0.5) is 0 Å². The summed E-state index contributed by atoms with van der Waals surface area (Å²) in [6.45, 7) is 0.339. The minimum atomic E-state index is 0.339. The predicted molar refractivity (Wildman–Crippen MR) is 47.8 cm³/mol. The molecular formula is C10H9NO. The molecule has 0 aliphatic heterocycles. The second-order valence-electron chi connectivity index (χ2n) is 2.25. The molecule has 0 fully saturated rings. The van der Waals surface area contributed by atoms with Crippen molar-refractivity contribution in [3.63, 3.8) is 0 Å². The Morgan fingerprint density at radius 1 is 1.50 bits per heavy atom. The first-order valence-electron chi connectivity index (χ1n) is 3.61. The van der Waals surface area contributed by atoms with Crippen LogP contribution >= 0.6 is 0 Å². The molecule has 0 unspecified atom stereocenters. The minimum Gasteiger partial charge on any atom is -0.320 e. The molecule has 1 aromatic rings. The summed E-state index contributed by atoms with van der Waals surface area (Å²) in [7, 11) is 0. The molecule has 2 nitrogen and oxygen atoms in total. The average molecular weight is 159 g/mol. The summed E-state index contributed by atoms with van der Waals surface area (Å²) in [6, 6.07) is 7.11. The van der Waals surface area contributed by atoms with Gasteiger partial charge in [0, 0.05) is 11.1 Å². The first-order valence-corrected chi connectivity index (χ1v) is 3.61. The van der Waals surface area contributed by atoms with Crippen LogP contribution in [0.25, 0.3) is 0 Å². The number of hydrogen-bond acceptors (Lipinski definition) is 2. The fourth-order valence-corrected chi connectivity index (χ4v) is 0.843. The van der Waals surface area contributed by atoms with Crippen molar-refractivity contribution in [2.75, 3.05) is 6.54 Å². The maximum Gasteiger partial charge on any atom is 0.150 e. The van der Waals surface area contributed by atoms with E-state index in [9.17, 15) is 4.79 Å². The van der Waals surface area contributed by atoms with Crippen LogP contribution in [0.3, 0.4) is 0 Å². The highest BCUT2D eigenvalue weighted by Gasteiger charge is 1.89. The molecule has 0 spiro atoms. The van der Waals surface area contributed by atoms with Gasteiger partial charge in [0.15, 0.2) is 0 Å². The van der Waals surface area contributed by atoms with E-state index in [0.29, 0.717) is 12.1 Å². The SMILES string of the molecule is NCC#Cc1cccc(C=O)c1. The highest BCUT2D eigenvalue weighted by molar-refractivity contribution is 5.75. The van der Waals surface area contributed by atoms with Gasteiger partial charge in [-0.15, -0.1) is 0 Å². The number of rotatable bonds is 1. The summed E-state index contributed by atoms with van der Waals surface area (Å²) in [5.74, 6) is 5.56. The van der Waals surface area contributed by atoms with Gasteiger partial charge < -0.3 is 5.73 Å². The van der Waals surface area contributed by atoms with Crippen LogP contribution in [-0.2, 0) is 0 Å². The number of hydrogen-bond donors (Lipinski definition) is 1. The molecule has 0 amide bonds. The Labute approximate surface area is 71.4 Å². The van der Waals surface area contributed by atoms with Crippen LogP contribution in [-0.4, -0.2) is 12.8 Å². The zero-order valence-corrected chi connectivity index (χ0v) is 6.58. The van der Waals surface area contributed by atoms with Crippen LogP contribution in [0.15, 0.2) is 24.3 Å². The molecule has 1 aromatic carbocycles. The van der Waals surface area contributed by atoms with Crippen molar-refractivity contribution in [3.8, 4) is 11.8 Å².